The molecule has 0 saturated heterocycles. The van der Waals surface area contributed by atoms with Crippen LogP contribution in [0.3, 0.4) is 0 Å². The monoisotopic (exact) mass is 292 g/mol. The van der Waals surface area contributed by atoms with Gasteiger partial charge in [-0.05, 0) is 47.5 Å². The highest BCUT2D eigenvalue weighted by atomic mass is 32.2. The summed E-state index contributed by atoms with van der Waals surface area (Å²) in [5.41, 5.74) is 0. The number of rotatable bonds is 13. The summed E-state index contributed by atoms with van der Waals surface area (Å²) >= 11 is 0. The Morgan fingerprint density at radius 3 is 0.833 bits per heavy atom. The fourth-order valence-electron chi connectivity index (χ4n) is 2.20. The first kappa shape index (κ1) is 18.7. The topological polar surface area (TPSA) is 0 Å². The number of unbranched alkanes of at least 4 members (excludes halogenated alkanes) is 9. The Morgan fingerprint density at radius 1 is 0.389 bits per heavy atom. The molecule has 0 unspecified atom stereocenters. The van der Waals surface area contributed by atoms with E-state index in [1.165, 1.54) is 75.7 Å². The molecule has 0 aliphatic rings. The summed E-state index contributed by atoms with van der Waals surface area (Å²) < 4.78 is 0. The van der Waals surface area contributed by atoms with Gasteiger partial charge in [-0.1, -0.05) is 38.5 Å². The Balaban J connectivity index is 2.95. The highest BCUT2D eigenvalue weighted by molar-refractivity contribution is 7.95. The second-order valence-corrected chi connectivity index (χ2v) is 10.7. The van der Waals surface area contributed by atoms with Gasteiger partial charge in [-0.25, -0.2) is 0 Å². The third kappa shape index (κ3) is 16.7. The fraction of sp³-hybridized carbons (Fsp3) is 1.00. The van der Waals surface area contributed by atoms with E-state index in [0.717, 1.165) is 0 Å². The van der Waals surface area contributed by atoms with Crippen LogP contribution in [-0.2, 0) is 21.8 Å². The molecule has 0 saturated carbocycles. The molecule has 0 aromatic heterocycles. The summed E-state index contributed by atoms with van der Waals surface area (Å²) in [7, 11) is 1.34. The molecule has 0 aromatic carbocycles. The van der Waals surface area contributed by atoms with Crippen LogP contribution in [0, 0.1) is 0 Å². The third-order valence-electron chi connectivity index (χ3n) is 3.36. The smallest absolute Gasteiger partial charge is 0.0533 e. The van der Waals surface area contributed by atoms with Gasteiger partial charge in [0.25, 0.3) is 0 Å². The molecule has 0 nitrogen and oxygen atoms in total. The van der Waals surface area contributed by atoms with Crippen molar-refractivity contribution < 1.29 is 0 Å². The normalized spacial score (nSPS) is 11.7. The molecule has 0 amide bonds. The van der Waals surface area contributed by atoms with E-state index in [1.54, 1.807) is 0 Å². The van der Waals surface area contributed by atoms with E-state index in [0.29, 0.717) is 21.8 Å². The van der Waals surface area contributed by atoms with Crippen LogP contribution in [0.25, 0.3) is 0 Å². The first-order valence-electron chi connectivity index (χ1n) is 7.71. The van der Waals surface area contributed by atoms with E-state index in [9.17, 15) is 0 Å². The predicted molar refractivity (Wildman–Crippen MR) is 94.3 cm³/mol. The maximum atomic E-state index is 2.36. The van der Waals surface area contributed by atoms with Crippen LogP contribution in [-0.4, -0.2) is 36.5 Å². The van der Waals surface area contributed by atoms with Gasteiger partial charge in [0.15, 0.2) is 0 Å². The van der Waals surface area contributed by atoms with Crippen molar-refractivity contribution >= 4 is 21.8 Å². The summed E-state index contributed by atoms with van der Waals surface area (Å²) in [4.78, 5) is 0. The molecule has 0 atom stereocenters. The van der Waals surface area contributed by atoms with E-state index >= 15 is 0 Å². The van der Waals surface area contributed by atoms with E-state index in [2.05, 4.69) is 25.0 Å². The van der Waals surface area contributed by atoms with Crippen LogP contribution in [0.15, 0.2) is 0 Å². The lowest BCUT2D eigenvalue weighted by molar-refractivity contribution is 0.563. The summed E-state index contributed by atoms with van der Waals surface area (Å²) in [5.74, 6) is 2.91. The van der Waals surface area contributed by atoms with Crippen molar-refractivity contribution in [1.29, 1.82) is 0 Å². The first-order chi connectivity index (χ1) is 8.63. The third-order valence-corrected chi connectivity index (χ3v) is 5.57. The van der Waals surface area contributed by atoms with Gasteiger partial charge in [0.05, 0.1) is 25.0 Å². The van der Waals surface area contributed by atoms with Crippen molar-refractivity contribution in [2.24, 2.45) is 0 Å². The SMILES string of the molecule is C[S+](C)CCCCCCCCCCCC[S+](C)C. The van der Waals surface area contributed by atoms with Gasteiger partial charge in [0.2, 0.25) is 0 Å². The largest absolute Gasteiger partial charge is 0.107 e. The van der Waals surface area contributed by atoms with Crippen LogP contribution in [0.2, 0.25) is 0 Å². The zero-order valence-electron chi connectivity index (χ0n) is 13.3. The first-order valence-corrected chi connectivity index (χ1v) is 12.1. The van der Waals surface area contributed by atoms with Crippen LogP contribution < -0.4 is 0 Å². The standard InChI is InChI=1S/C16H36S2/c1-17(2)15-13-11-9-7-5-6-8-10-12-14-16-18(3)4/h5-16H2,1-4H3/q+2. The molecular weight excluding hydrogens is 256 g/mol. The molecule has 0 aromatic rings. The molecular formula is C16H36S2+2. The zero-order valence-corrected chi connectivity index (χ0v) is 14.9. The van der Waals surface area contributed by atoms with E-state index in [-0.39, 0.29) is 0 Å². The quantitative estimate of drug-likeness (QED) is 0.342. The van der Waals surface area contributed by atoms with Crippen molar-refractivity contribution in [2.45, 2.75) is 64.2 Å². The molecule has 0 radical (unpaired) electrons. The maximum absolute atomic E-state index is 2.36. The Kier molecular flexibility index (Phi) is 14.7. The van der Waals surface area contributed by atoms with Crippen LogP contribution in [0.5, 0.6) is 0 Å². The summed E-state index contributed by atoms with van der Waals surface area (Å²) in [6.07, 6.45) is 24.2. The highest BCUT2D eigenvalue weighted by Crippen LogP contribution is 2.11. The Morgan fingerprint density at radius 2 is 0.611 bits per heavy atom. The number of hydrogen-bond donors (Lipinski definition) is 0. The molecule has 0 N–H and O–H groups in total. The molecule has 110 valence electrons. The molecule has 0 bridgehead atoms. The predicted octanol–water partition coefficient (Wildman–Crippen LogP) is 4.64. The second-order valence-electron chi connectivity index (χ2n) is 5.91. The van der Waals surface area contributed by atoms with Crippen molar-refractivity contribution in [3.05, 3.63) is 0 Å². The molecule has 2 heteroatoms. The molecule has 0 heterocycles. The van der Waals surface area contributed by atoms with Crippen LogP contribution >= 0.6 is 0 Å². The Bertz CT molecular complexity index is 137. The van der Waals surface area contributed by atoms with Crippen molar-refractivity contribution in [1.82, 2.24) is 0 Å². The summed E-state index contributed by atoms with van der Waals surface area (Å²) in [6.45, 7) is 0. The lowest BCUT2D eigenvalue weighted by Gasteiger charge is -2.02. The van der Waals surface area contributed by atoms with Crippen LogP contribution in [0.1, 0.15) is 64.2 Å². The summed E-state index contributed by atoms with van der Waals surface area (Å²) in [6, 6.07) is 0. The van der Waals surface area contributed by atoms with Crippen molar-refractivity contribution in [2.75, 3.05) is 36.5 Å². The highest BCUT2D eigenvalue weighted by Gasteiger charge is 2.01. The summed E-state index contributed by atoms with van der Waals surface area (Å²) in [5, 5.41) is 0. The molecule has 0 aliphatic carbocycles. The van der Waals surface area contributed by atoms with E-state index in [4.69, 9.17) is 0 Å². The van der Waals surface area contributed by atoms with Crippen molar-refractivity contribution in [3.63, 3.8) is 0 Å². The van der Waals surface area contributed by atoms with E-state index < -0.39 is 0 Å². The molecule has 0 fully saturated rings. The van der Waals surface area contributed by atoms with Gasteiger partial charge in [0.1, 0.15) is 11.5 Å². The minimum absolute atomic E-state index is 0.668. The Hall–Kier alpha value is 0.700. The minimum atomic E-state index is 0.668. The van der Waals surface area contributed by atoms with Gasteiger partial charge in [-0.2, -0.15) is 0 Å². The van der Waals surface area contributed by atoms with Gasteiger partial charge < -0.3 is 0 Å². The molecule has 0 aliphatic heterocycles. The minimum Gasteiger partial charge on any atom is -0.0533 e. The van der Waals surface area contributed by atoms with Gasteiger partial charge in [0, 0.05) is 0 Å². The lowest BCUT2D eigenvalue weighted by Crippen LogP contribution is -2.01. The van der Waals surface area contributed by atoms with Gasteiger partial charge in [-0.15, -0.1) is 0 Å². The average Bonchev–Trinajstić information content (AvgIpc) is 2.29. The molecule has 18 heavy (non-hydrogen) atoms. The second kappa shape index (κ2) is 14.1. The van der Waals surface area contributed by atoms with Crippen LogP contribution in [0.4, 0.5) is 0 Å². The zero-order chi connectivity index (χ0) is 13.6. The number of hydrogen-bond acceptors (Lipinski definition) is 0. The average molecular weight is 293 g/mol. The van der Waals surface area contributed by atoms with Gasteiger partial charge >= 0.3 is 0 Å². The maximum Gasteiger partial charge on any atom is 0.107 e. The van der Waals surface area contributed by atoms with Crippen molar-refractivity contribution in [3.8, 4) is 0 Å². The lowest BCUT2D eigenvalue weighted by atomic mass is 10.1. The van der Waals surface area contributed by atoms with Gasteiger partial charge in [-0.3, -0.25) is 0 Å². The Labute approximate surface area is 122 Å². The van der Waals surface area contributed by atoms with E-state index in [1.807, 2.05) is 0 Å². The molecule has 0 rings (SSSR count). The fourth-order valence-corrected chi connectivity index (χ4v) is 3.76. The molecule has 0 spiro atoms.